The summed E-state index contributed by atoms with van der Waals surface area (Å²) >= 11 is 0. The topological polar surface area (TPSA) is 74.7 Å². The molecule has 112 valence electrons. The predicted octanol–water partition coefficient (Wildman–Crippen LogP) is 1.64. The molecular weight excluding hydrogens is 285 g/mol. The van der Waals surface area contributed by atoms with Crippen molar-refractivity contribution >= 4 is 15.8 Å². The van der Waals surface area contributed by atoms with Gasteiger partial charge in [-0.25, -0.2) is 17.6 Å². The molecule has 0 fully saturated rings. The Morgan fingerprint density at radius 3 is 2.35 bits per heavy atom. The van der Waals surface area contributed by atoms with Crippen molar-refractivity contribution in [3.8, 4) is 0 Å². The highest BCUT2D eigenvalue weighted by atomic mass is 32.2. The number of carbonyl (C=O) groups is 1. The van der Waals surface area contributed by atoms with E-state index >= 15 is 0 Å². The van der Waals surface area contributed by atoms with Crippen LogP contribution in [0.4, 0.5) is 4.39 Å². The smallest absolute Gasteiger partial charge is 0.335 e. The van der Waals surface area contributed by atoms with Gasteiger partial charge in [-0.15, -0.1) is 0 Å². The zero-order valence-electron chi connectivity index (χ0n) is 11.5. The lowest BCUT2D eigenvalue weighted by Crippen LogP contribution is -2.29. The van der Waals surface area contributed by atoms with Gasteiger partial charge in [-0.1, -0.05) is 13.8 Å². The third-order valence-corrected chi connectivity index (χ3v) is 4.81. The van der Waals surface area contributed by atoms with Gasteiger partial charge in [0.05, 0.1) is 11.3 Å². The van der Waals surface area contributed by atoms with E-state index in [9.17, 15) is 17.6 Å². The van der Waals surface area contributed by atoms with Gasteiger partial charge in [-0.3, -0.25) is 0 Å². The fourth-order valence-corrected chi connectivity index (χ4v) is 3.14. The minimum absolute atomic E-state index is 0.196. The highest BCUT2D eigenvalue weighted by molar-refractivity contribution is 7.91. The lowest BCUT2D eigenvalue weighted by atomic mass is 10.2. The van der Waals surface area contributed by atoms with E-state index in [1.807, 2.05) is 18.7 Å². The number of sulfone groups is 1. The number of hydrogen-bond donors (Lipinski definition) is 1. The summed E-state index contributed by atoms with van der Waals surface area (Å²) in [7, 11) is -3.76. The van der Waals surface area contributed by atoms with Crippen molar-refractivity contribution in [2.45, 2.75) is 18.7 Å². The molecule has 1 aromatic rings. The van der Waals surface area contributed by atoms with E-state index in [2.05, 4.69) is 0 Å². The quantitative estimate of drug-likeness (QED) is 0.829. The van der Waals surface area contributed by atoms with Crippen LogP contribution in [-0.4, -0.2) is 49.8 Å². The monoisotopic (exact) mass is 303 g/mol. The van der Waals surface area contributed by atoms with Gasteiger partial charge in [0.15, 0.2) is 9.84 Å². The molecule has 5 nitrogen and oxygen atoms in total. The largest absolute Gasteiger partial charge is 0.478 e. The van der Waals surface area contributed by atoms with Gasteiger partial charge in [0.25, 0.3) is 0 Å². The summed E-state index contributed by atoms with van der Waals surface area (Å²) in [6.07, 6.45) is 0. The second-order valence-electron chi connectivity index (χ2n) is 4.30. The Labute approximate surface area is 117 Å². The highest BCUT2D eigenvalue weighted by Crippen LogP contribution is 2.18. The van der Waals surface area contributed by atoms with Crippen LogP contribution in [0.5, 0.6) is 0 Å². The summed E-state index contributed by atoms with van der Waals surface area (Å²) in [5, 5.41) is 8.72. The van der Waals surface area contributed by atoms with Gasteiger partial charge in [-0.05, 0) is 31.3 Å². The maximum atomic E-state index is 13.7. The van der Waals surface area contributed by atoms with Crippen LogP contribution >= 0.6 is 0 Å². The van der Waals surface area contributed by atoms with E-state index in [4.69, 9.17) is 5.11 Å². The molecule has 7 heteroatoms. The molecule has 0 aromatic heterocycles. The molecule has 0 aliphatic carbocycles. The van der Waals surface area contributed by atoms with E-state index in [0.29, 0.717) is 19.6 Å². The zero-order valence-corrected chi connectivity index (χ0v) is 12.3. The van der Waals surface area contributed by atoms with Crippen molar-refractivity contribution < 1.29 is 22.7 Å². The third kappa shape index (κ3) is 4.01. The van der Waals surface area contributed by atoms with Crippen LogP contribution in [0, 0.1) is 5.82 Å². The first kappa shape index (κ1) is 16.6. The van der Waals surface area contributed by atoms with Gasteiger partial charge in [-0.2, -0.15) is 0 Å². The van der Waals surface area contributed by atoms with Gasteiger partial charge in [0.1, 0.15) is 10.7 Å². The summed E-state index contributed by atoms with van der Waals surface area (Å²) in [6.45, 7) is 5.57. The van der Waals surface area contributed by atoms with Crippen LogP contribution in [0.3, 0.4) is 0 Å². The molecule has 0 radical (unpaired) electrons. The van der Waals surface area contributed by atoms with Crippen molar-refractivity contribution in [2.24, 2.45) is 0 Å². The van der Waals surface area contributed by atoms with Crippen LogP contribution in [-0.2, 0) is 9.84 Å². The Morgan fingerprint density at radius 2 is 1.90 bits per heavy atom. The van der Waals surface area contributed by atoms with Crippen LogP contribution in [0.25, 0.3) is 0 Å². The van der Waals surface area contributed by atoms with Crippen LogP contribution in [0.1, 0.15) is 24.2 Å². The fourth-order valence-electron chi connectivity index (χ4n) is 1.79. The predicted molar refractivity (Wildman–Crippen MR) is 73.2 cm³/mol. The molecule has 1 aromatic carbocycles. The second kappa shape index (κ2) is 6.81. The van der Waals surface area contributed by atoms with E-state index in [1.165, 1.54) is 0 Å². The average Bonchev–Trinajstić information content (AvgIpc) is 2.39. The summed E-state index contributed by atoms with van der Waals surface area (Å²) in [5.74, 6) is -2.52. The summed E-state index contributed by atoms with van der Waals surface area (Å²) in [4.78, 5) is 12.2. The van der Waals surface area contributed by atoms with Gasteiger partial charge >= 0.3 is 5.97 Å². The first-order valence-corrected chi connectivity index (χ1v) is 7.95. The maximum absolute atomic E-state index is 13.7. The standard InChI is InChI=1S/C13H18FNO4S/c1-3-15(4-2)7-8-20(18,19)12-6-5-10(13(16)17)9-11(12)14/h5-6,9H,3-4,7-8H2,1-2H3,(H,16,17). The number of rotatable bonds is 7. The lowest BCUT2D eigenvalue weighted by Gasteiger charge is -2.17. The molecule has 0 bridgehead atoms. The molecule has 1 N–H and O–H groups in total. The molecule has 0 saturated carbocycles. The Hall–Kier alpha value is -1.47. The minimum atomic E-state index is -3.76. The average molecular weight is 303 g/mol. The van der Waals surface area contributed by atoms with Crippen molar-refractivity contribution in [1.82, 2.24) is 4.90 Å². The van der Waals surface area contributed by atoms with Crippen LogP contribution in [0.2, 0.25) is 0 Å². The number of benzene rings is 1. The summed E-state index contributed by atoms with van der Waals surface area (Å²) in [5.41, 5.74) is -0.273. The second-order valence-corrected chi connectivity index (χ2v) is 6.37. The summed E-state index contributed by atoms with van der Waals surface area (Å²) in [6, 6.07) is 2.83. The molecule has 0 unspecified atom stereocenters. The minimum Gasteiger partial charge on any atom is -0.478 e. The normalized spacial score (nSPS) is 11.8. The van der Waals surface area contributed by atoms with Crippen LogP contribution in [0.15, 0.2) is 23.1 Å². The molecule has 0 spiro atoms. The molecule has 0 heterocycles. The fraction of sp³-hybridized carbons (Fsp3) is 0.462. The van der Waals surface area contributed by atoms with Crippen molar-refractivity contribution in [2.75, 3.05) is 25.4 Å². The third-order valence-electron chi connectivity index (χ3n) is 3.08. The molecule has 0 aliphatic heterocycles. The molecule has 1 rings (SSSR count). The Balaban J connectivity index is 2.95. The van der Waals surface area contributed by atoms with E-state index in [0.717, 1.165) is 18.2 Å². The van der Waals surface area contributed by atoms with Gasteiger partial charge < -0.3 is 10.0 Å². The number of carboxylic acids is 1. The first-order chi connectivity index (χ1) is 9.31. The van der Waals surface area contributed by atoms with Crippen molar-refractivity contribution in [3.63, 3.8) is 0 Å². The number of aromatic carboxylic acids is 1. The first-order valence-electron chi connectivity index (χ1n) is 6.29. The number of carboxylic acid groups (broad SMARTS) is 1. The molecule has 0 aliphatic rings. The maximum Gasteiger partial charge on any atom is 0.335 e. The summed E-state index contributed by atoms with van der Waals surface area (Å²) < 4.78 is 37.9. The molecule has 20 heavy (non-hydrogen) atoms. The SMILES string of the molecule is CCN(CC)CCS(=O)(=O)c1ccc(C(=O)O)cc1F. The number of nitrogens with zero attached hydrogens (tertiary/aromatic N) is 1. The Kier molecular flexibility index (Phi) is 5.64. The van der Waals surface area contributed by atoms with Gasteiger partial charge in [0.2, 0.25) is 0 Å². The highest BCUT2D eigenvalue weighted by Gasteiger charge is 2.21. The number of hydrogen-bond acceptors (Lipinski definition) is 4. The van der Waals surface area contributed by atoms with Crippen LogP contribution < -0.4 is 0 Å². The van der Waals surface area contributed by atoms with E-state index in [-0.39, 0.29) is 11.3 Å². The Morgan fingerprint density at radius 1 is 1.30 bits per heavy atom. The lowest BCUT2D eigenvalue weighted by molar-refractivity contribution is 0.0696. The molecular formula is C13H18FNO4S. The number of halogens is 1. The molecule has 0 amide bonds. The molecule has 0 atom stereocenters. The van der Waals surface area contributed by atoms with Crippen molar-refractivity contribution in [1.29, 1.82) is 0 Å². The van der Waals surface area contributed by atoms with E-state index < -0.39 is 26.5 Å². The Bertz CT molecular complexity index is 582. The van der Waals surface area contributed by atoms with Crippen molar-refractivity contribution in [3.05, 3.63) is 29.6 Å². The molecule has 0 saturated heterocycles. The van der Waals surface area contributed by atoms with E-state index in [1.54, 1.807) is 0 Å². The van der Waals surface area contributed by atoms with Gasteiger partial charge in [0, 0.05) is 6.54 Å². The zero-order chi connectivity index (χ0) is 15.3.